The first kappa shape index (κ1) is 12.5. The number of halogens is 1. The van der Waals surface area contributed by atoms with E-state index in [2.05, 4.69) is 32.9 Å². The van der Waals surface area contributed by atoms with Gasteiger partial charge >= 0.3 is 0 Å². The number of hydrogen-bond acceptors (Lipinski definition) is 1. The molecule has 0 unspecified atom stereocenters. The second kappa shape index (κ2) is 4.64. The summed E-state index contributed by atoms with van der Waals surface area (Å²) in [6.07, 6.45) is 0. The van der Waals surface area contributed by atoms with Crippen LogP contribution in [-0.4, -0.2) is 0 Å². The molecule has 0 fully saturated rings. The summed E-state index contributed by atoms with van der Waals surface area (Å²) in [7, 11) is 0. The summed E-state index contributed by atoms with van der Waals surface area (Å²) in [5.41, 5.74) is 11.1. The molecule has 1 aromatic carbocycles. The molecule has 1 aromatic rings. The molecule has 1 atom stereocenters. The molecule has 0 saturated carbocycles. The fourth-order valence-corrected chi connectivity index (χ4v) is 1.91. The van der Waals surface area contributed by atoms with Gasteiger partial charge in [0, 0.05) is 6.04 Å². The van der Waals surface area contributed by atoms with E-state index in [1.807, 2.05) is 6.92 Å². The van der Waals surface area contributed by atoms with Gasteiger partial charge in [0.2, 0.25) is 0 Å². The molecule has 0 bridgehead atoms. The Morgan fingerprint density at radius 3 is 1.77 bits per heavy atom. The Morgan fingerprint density at radius 2 is 1.46 bits per heavy atom. The molecule has 0 radical (unpaired) electrons. The van der Waals surface area contributed by atoms with Crippen molar-refractivity contribution in [1.29, 1.82) is 0 Å². The fourth-order valence-electron chi connectivity index (χ4n) is 1.91. The quantitative estimate of drug-likeness (QED) is 0.740. The van der Waals surface area contributed by atoms with E-state index >= 15 is 0 Å². The second-order valence-corrected chi connectivity index (χ2v) is 3.60. The minimum atomic E-state index is 0. The van der Waals surface area contributed by atoms with E-state index in [9.17, 15) is 0 Å². The van der Waals surface area contributed by atoms with Gasteiger partial charge in [0.25, 0.3) is 0 Å². The lowest BCUT2D eigenvalue weighted by molar-refractivity contribution is 0.800. The number of hydrogen-bond donors (Lipinski definition) is 1. The molecule has 0 spiro atoms. The minimum absolute atomic E-state index is 0. The lowest BCUT2D eigenvalue weighted by Gasteiger charge is -2.14. The van der Waals surface area contributed by atoms with Gasteiger partial charge in [-0.05, 0) is 44.4 Å². The van der Waals surface area contributed by atoms with Crippen LogP contribution >= 0.6 is 12.4 Å². The molecular formula is C11H18ClN. The first-order chi connectivity index (χ1) is 5.52. The van der Waals surface area contributed by atoms with Crippen molar-refractivity contribution in [1.82, 2.24) is 0 Å². The normalized spacial score (nSPS) is 12.1. The molecule has 1 nitrogen and oxygen atoms in total. The summed E-state index contributed by atoms with van der Waals surface area (Å²) in [6.45, 7) is 8.40. The SMILES string of the molecule is Cc1cc(C)c([C@H](C)N)c(C)c1.Cl. The Bertz CT molecular complexity index is 269. The van der Waals surface area contributed by atoms with E-state index in [4.69, 9.17) is 5.73 Å². The lowest BCUT2D eigenvalue weighted by atomic mass is 9.95. The Morgan fingerprint density at radius 1 is 1.08 bits per heavy atom. The van der Waals surface area contributed by atoms with E-state index in [0.717, 1.165) is 0 Å². The highest BCUT2D eigenvalue weighted by molar-refractivity contribution is 5.85. The van der Waals surface area contributed by atoms with Crippen molar-refractivity contribution in [2.45, 2.75) is 33.7 Å². The molecule has 0 heterocycles. The maximum atomic E-state index is 5.87. The van der Waals surface area contributed by atoms with E-state index in [-0.39, 0.29) is 18.4 Å². The van der Waals surface area contributed by atoms with E-state index in [1.54, 1.807) is 0 Å². The molecule has 0 aliphatic rings. The van der Waals surface area contributed by atoms with E-state index in [0.29, 0.717) is 0 Å². The lowest BCUT2D eigenvalue weighted by Crippen LogP contribution is -2.09. The van der Waals surface area contributed by atoms with Crippen molar-refractivity contribution in [3.63, 3.8) is 0 Å². The third-order valence-corrected chi connectivity index (χ3v) is 2.19. The van der Waals surface area contributed by atoms with Gasteiger partial charge < -0.3 is 5.73 Å². The average molecular weight is 200 g/mol. The van der Waals surface area contributed by atoms with Crippen LogP contribution in [0.15, 0.2) is 12.1 Å². The molecule has 1 rings (SSSR count). The third kappa shape index (κ3) is 2.71. The zero-order valence-corrected chi connectivity index (χ0v) is 9.53. The van der Waals surface area contributed by atoms with Crippen molar-refractivity contribution >= 4 is 12.4 Å². The summed E-state index contributed by atoms with van der Waals surface area (Å²) in [5, 5.41) is 0. The molecule has 2 heteroatoms. The van der Waals surface area contributed by atoms with E-state index < -0.39 is 0 Å². The van der Waals surface area contributed by atoms with Crippen LogP contribution in [0.1, 0.15) is 35.2 Å². The molecule has 2 N–H and O–H groups in total. The fraction of sp³-hybridized carbons (Fsp3) is 0.455. The Balaban J connectivity index is 0.00000144. The van der Waals surface area contributed by atoms with Gasteiger partial charge in [0.05, 0.1) is 0 Å². The summed E-state index contributed by atoms with van der Waals surface area (Å²) in [6, 6.07) is 4.52. The maximum absolute atomic E-state index is 5.87. The topological polar surface area (TPSA) is 26.0 Å². The first-order valence-corrected chi connectivity index (χ1v) is 4.35. The Hall–Kier alpha value is -0.530. The molecule has 0 aliphatic carbocycles. The maximum Gasteiger partial charge on any atom is 0.0271 e. The van der Waals surface area contributed by atoms with Crippen molar-refractivity contribution in [2.75, 3.05) is 0 Å². The molecule has 0 amide bonds. The van der Waals surface area contributed by atoms with Gasteiger partial charge in [-0.2, -0.15) is 0 Å². The van der Waals surface area contributed by atoms with Gasteiger partial charge in [-0.3, -0.25) is 0 Å². The summed E-state index contributed by atoms with van der Waals surface area (Å²) in [4.78, 5) is 0. The summed E-state index contributed by atoms with van der Waals surface area (Å²) >= 11 is 0. The van der Waals surface area contributed by atoms with Crippen LogP contribution in [0.3, 0.4) is 0 Å². The van der Waals surface area contributed by atoms with Gasteiger partial charge in [-0.25, -0.2) is 0 Å². The number of aryl methyl sites for hydroxylation is 3. The molecule has 0 aromatic heterocycles. The minimum Gasteiger partial charge on any atom is -0.324 e. The molecule has 13 heavy (non-hydrogen) atoms. The van der Waals surface area contributed by atoms with Crippen LogP contribution in [0, 0.1) is 20.8 Å². The van der Waals surface area contributed by atoms with Crippen molar-refractivity contribution in [2.24, 2.45) is 5.73 Å². The van der Waals surface area contributed by atoms with Crippen LogP contribution in [0.4, 0.5) is 0 Å². The van der Waals surface area contributed by atoms with Crippen molar-refractivity contribution < 1.29 is 0 Å². The number of rotatable bonds is 1. The Labute approximate surface area is 86.7 Å². The molecular weight excluding hydrogens is 182 g/mol. The van der Waals surface area contributed by atoms with Crippen molar-refractivity contribution in [3.05, 3.63) is 34.4 Å². The number of nitrogens with two attached hydrogens (primary N) is 1. The van der Waals surface area contributed by atoms with Gasteiger partial charge in [-0.1, -0.05) is 17.7 Å². The molecule has 74 valence electrons. The highest BCUT2D eigenvalue weighted by Gasteiger charge is 2.06. The smallest absolute Gasteiger partial charge is 0.0271 e. The van der Waals surface area contributed by atoms with Crippen LogP contribution in [0.2, 0.25) is 0 Å². The largest absolute Gasteiger partial charge is 0.324 e. The standard InChI is InChI=1S/C11H17N.ClH/c1-7-5-8(2)11(10(4)12)9(3)6-7;/h5-6,10H,12H2,1-4H3;1H/t10-;/m0./s1. The van der Waals surface area contributed by atoms with E-state index in [1.165, 1.54) is 22.3 Å². The van der Waals surface area contributed by atoms with Gasteiger partial charge in [-0.15, -0.1) is 12.4 Å². The summed E-state index contributed by atoms with van der Waals surface area (Å²) < 4.78 is 0. The number of benzene rings is 1. The molecule has 0 aliphatic heterocycles. The van der Waals surface area contributed by atoms with Gasteiger partial charge in [0.15, 0.2) is 0 Å². The third-order valence-electron chi connectivity index (χ3n) is 2.19. The van der Waals surface area contributed by atoms with Crippen LogP contribution < -0.4 is 5.73 Å². The summed E-state index contributed by atoms with van der Waals surface area (Å²) in [5.74, 6) is 0. The van der Waals surface area contributed by atoms with Crippen molar-refractivity contribution in [3.8, 4) is 0 Å². The predicted octanol–water partition coefficient (Wildman–Crippen LogP) is 3.05. The monoisotopic (exact) mass is 199 g/mol. The zero-order chi connectivity index (χ0) is 9.30. The second-order valence-electron chi connectivity index (χ2n) is 3.60. The van der Waals surface area contributed by atoms with Gasteiger partial charge in [0.1, 0.15) is 0 Å². The molecule has 0 saturated heterocycles. The predicted molar refractivity (Wildman–Crippen MR) is 60.5 cm³/mol. The zero-order valence-electron chi connectivity index (χ0n) is 8.72. The first-order valence-electron chi connectivity index (χ1n) is 4.35. The highest BCUT2D eigenvalue weighted by atomic mass is 35.5. The Kier molecular flexibility index (Phi) is 4.45. The average Bonchev–Trinajstić information content (AvgIpc) is 1.82. The highest BCUT2D eigenvalue weighted by Crippen LogP contribution is 2.21. The van der Waals surface area contributed by atoms with Crippen LogP contribution in [-0.2, 0) is 0 Å². The van der Waals surface area contributed by atoms with Crippen LogP contribution in [0.5, 0.6) is 0 Å². The van der Waals surface area contributed by atoms with Crippen LogP contribution in [0.25, 0.3) is 0 Å².